The molecular weight excluding hydrogens is 375 g/mol. The Balaban J connectivity index is 0.000000371. The molecule has 0 bridgehead atoms. The molecule has 56 valence electrons. The Bertz CT molecular complexity index is 172. The minimum absolute atomic E-state index is 0.757. The molecule has 0 aliphatic heterocycles. The Kier molecular flexibility index (Phi) is 7.19. The van der Waals surface area contributed by atoms with E-state index in [0.29, 0.717) is 0 Å². The number of hydrogen-bond donors (Lipinski definition) is 0. The maximum absolute atomic E-state index is 5.67. The normalized spacial score (nSPS) is 8.00. The summed E-state index contributed by atoms with van der Waals surface area (Å²) in [5, 5.41) is 0.757. The zero-order valence-electron chi connectivity index (χ0n) is 5.39. The van der Waals surface area contributed by atoms with Gasteiger partial charge in [0.25, 0.3) is 5.15 Å². The maximum Gasteiger partial charge on any atom is 0.274 e. The van der Waals surface area contributed by atoms with Crippen LogP contribution in [0.15, 0.2) is 24.4 Å². The van der Waals surface area contributed by atoms with Crippen molar-refractivity contribution in [3.05, 3.63) is 29.5 Å². The van der Waals surface area contributed by atoms with E-state index in [4.69, 9.17) is 11.6 Å². The van der Waals surface area contributed by atoms with E-state index in [1.807, 2.05) is 36.0 Å². The molecule has 1 aromatic heterocycles. The minimum atomic E-state index is 0.757. The third kappa shape index (κ3) is 3.92. The van der Waals surface area contributed by atoms with Crippen LogP contribution in [-0.2, 0) is 7.05 Å². The second kappa shape index (κ2) is 6.60. The predicted molar refractivity (Wildman–Crippen MR) is 60.7 cm³/mol. The second-order valence-electron chi connectivity index (χ2n) is 1.63. The smallest absolute Gasteiger partial charge is 0.191 e. The molecule has 0 N–H and O–H groups in total. The molecule has 0 aliphatic carbocycles. The fourth-order valence-corrected chi connectivity index (χ4v) is 0.632. The highest BCUT2D eigenvalue weighted by molar-refractivity contribution is 15.0. The van der Waals surface area contributed by atoms with Gasteiger partial charge in [-0.25, -0.2) is 0 Å². The third-order valence-corrected chi connectivity index (χ3v) is 1.38. The molecule has 0 fully saturated rings. The van der Waals surface area contributed by atoms with Crippen LogP contribution in [0.25, 0.3) is 0 Å². The zero-order valence-corrected chi connectivity index (χ0v) is 10.5. The van der Waals surface area contributed by atoms with Gasteiger partial charge in [0.1, 0.15) is 7.05 Å². The van der Waals surface area contributed by atoms with E-state index in [0.717, 1.165) is 5.15 Å². The Morgan fingerprint density at radius 3 is 2.30 bits per heavy atom. The summed E-state index contributed by atoms with van der Waals surface area (Å²) in [6, 6.07) is 5.69. The van der Waals surface area contributed by atoms with Crippen molar-refractivity contribution >= 4 is 48.8 Å². The number of pyridine rings is 1. The molecule has 0 aromatic carbocycles. The van der Waals surface area contributed by atoms with Crippen molar-refractivity contribution in [2.24, 2.45) is 7.05 Å². The summed E-state index contributed by atoms with van der Waals surface area (Å²) in [4.78, 5) is 0. The Hall–Kier alpha value is 0.900. The lowest BCUT2D eigenvalue weighted by Gasteiger charge is -1.84. The number of rotatable bonds is 0. The first kappa shape index (κ1) is 10.9. The van der Waals surface area contributed by atoms with Gasteiger partial charge in [-0.3, -0.25) is 0 Å². The summed E-state index contributed by atoms with van der Waals surface area (Å²) >= 11 is 9.91. The standard InChI is InChI=1S/C6H7ClN.I2/c1-8-5-3-2-4-6(8)7;1-2/h2-5H,1H3;/q+1;. The van der Waals surface area contributed by atoms with Crippen LogP contribution in [0, 0.1) is 0 Å². The maximum atomic E-state index is 5.67. The van der Waals surface area contributed by atoms with Gasteiger partial charge in [-0.15, -0.1) is 0 Å². The minimum Gasteiger partial charge on any atom is -0.191 e. The molecule has 1 heterocycles. The number of nitrogens with zero attached hydrogens (tertiary/aromatic N) is 1. The predicted octanol–water partition coefficient (Wildman–Crippen LogP) is 2.94. The van der Waals surface area contributed by atoms with Gasteiger partial charge in [-0.2, -0.15) is 4.57 Å². The molecule has 0 atom stereocenters. The van der Waals surface area contributed by atoms with Gasteiger partial charge in [0.15, 0.2) is 6.20 Å². The van der Waals surface area contributed by atoms with Crippen molar-refractivity contribution in [1.82, 2.24) is 0 Å². The highest BCUT2D eigenvalue weighted by atomic mass is 128. The van der Waals surface area contributed by atoms with Gasteiger partial charge >= 0.3 is 0 Å². The van der Waals surface area contributed by atoms with Crippen molar-refractivity contribution in [3.63, 3.8) is 0 Å². The summed E-state index contributed by atoms with van der Waals surface area (Å²) in [6.07, 6.45) is 1.91. The molecule has 4 heteroatoms. The number of aromatic nitrogens is 1. The highest BCUT2D eigenvalue weighted by Gasteiger charge is 1.94. The average Bonchev–Trinajstić information content (AvgIpc) is 2.00. The average molecular weight is 382 g/mol. The Morgan fingerprint density at radius 2 is 2.00 bits per heavy atom. The van der Waals surface area contributed by atoms with Crippen molar-refractivity contribution in [3.8, 4) is 0 Å². The van der Waals surface area contributed by atoms with Crippen LogP contribution in [0.5, 0.6) is 0 Å². The fraction of sp³-hybridized carbons (Fsp3) is 0.167. The molecule has 10 heavy (non-hydrogen) atoms. The molecule has 0 saturated heterocycles. The first-order valence-electron chi connectivity index (χ1n) is 2.55. The zero-order chi connectivity index (χ0) is 7.98. The van der Waals surface area contributed by atoms with E-state index in [9.17, 15) is 0 Å². The van der Waals surface area contributed by atoms with Crippen LogP contribution < -0.4 is 4.57 Å². The van der Waals surface area contributed by atoms with Crippen molar-refractivity contribution in [1.29, 1.82) is 0 Å². The molecule has 0 unspecified atom stereocenters. The molecule has 0 spiro atoms. The largest absolute Gasteiger partial charge is 0.274 e. The highest BCUT2D eigenvalue weighted by Crippen LogP contribution is 1.95. The van der Waals surface area contributed by atoms with Crippen LogP contribution in [0.3, 0.4) is 0 Å². The summed E-state index contributed by atoms with van der Waals surface area (Å²) in [5.41, 5.74) is 0. The van der Waals surface area contributed by atoms with Crippen molar-refractivity contribution < 1.29 is 4.57 Å². The first-order valence-corrected chi connectivity index (χ1v) is 9.21. The monoisotopic (exact) mass is 382 g/mol. The van der Waals surface area contributed by atoms with Gasteiger partial charge in [-0.05, 0) is 17.7 Å². The van der Waals surface area contributed by atoms with E-state index < -0.39 is 0 Å². The molecular formula is C6H7ClI2N+. The van der Waals surface area contributed by atoms with Crippen molar-refractivity contribution in [2.75, 3.05) is 0 Å². The first-order chi connectivity index (χ1) is 4.80. The van der Waals surface area contributed by atoms with Gasteiger partial charge in [0.2, 0.25) is 0 Å². The summed E-state index contributed by atoms with van der Waals surface area (Å²) in [7, 11) is 1.91. The lowest BCUT2D eigenvalue weighted by atomic mass is 10.5. The van der Waals surface area contributed by atoms with E-state index in [1.165, 1.54) is 0 Å². The van der Waals surface area contributed by atoms with Crippen LogP contribution in [0.4, 0.5) is 0 Å². The molecule has 0 amide bonds. The van der Waals surface area contributed by atoms with E-state index in [1.54, 1.807) is 0 Å². The lowest BCUT2D eigenvalue weighted by Crippen LogP contribution is -2.27. The molecule has 0 saturated carbocycles. The van der Waals surface area contributed by atoms with Crippen LogP contribution in [-0.4, -0.2) is 0 Å². The number of aryl methyl sites for hydroxylation is 1. The Morgan fingerprint density at radius 1 is 1.40 bits per heavy atom. The van der Waals surface area contributed by atoms with Gasteiger partial charge in [-0.1, -0.05) is 0 Å². The lowest BCUT2D eigenvalue weighted by molar-refractivity contribution is -0.669. The number of hydrogen-bond acceptors (Lipinski definition) is 0. The molecule has 0 radical (unpaired) electrons. The quantitative estimate of drug-likeness (QED) is 0.369. The summed E-state index contributed by atoms with van der Waals surface area (Å²) in [5.74, 6) is 0. The summed E-state index contributed by atoms with van der Waals surface area (Å²) in [6.45, 7) is 0. The topological polar surface area (TPSA) is 3.88 Å². The van der Waals surface area contributed by atoms with Gasteiger partial charge < -0.3 is 0 Å². The van der Waals surface area contributed by atoms with Crippen LogP contribution >= 0.6 is 48.8 Å². The van der Waals surface area contributed by atoms with Crippen LogP contribution in [0.1, 0.15) is 0 Å². The molecule has 0 aliphatic rings. The van der Waals surface area contributed by atoms with E-state index in [-0.39, 0.29) is 0 Å². The fourth-order valence-electron chi connectivity index (χ4n) is 0.503. The third-order valence-electron chi connectivity index (χ3n) is 0.991. The summed E-state index contributed by atoms with van der Waals surface area (Å²) < 4.78 is 1.85. The Labute approximate surface area is 89.1 Å². The molecule has 1 aromatic rings. The van der Waals surface area contributed by atoms with Crippen molar-refractivity contribution in [2.45, 2.75) is 0 Å². The molecule has 1 nitrogen and oxygen atoms in total. The van der Waals surface area contributed by atoms with Gasteiger partial charge in [0.05, 0.1) is 0 Å². The van der Waals surface area contributed by atoms with E-state index in [2.05, 4.69) is 37.2 Å². The molecule has 1 rings (SSSR count). The van der Waals surface area contributed by atoms with Crippen LogP contribution in [0.2, 0.25) is 5.15 Å². The second-order valence-corrected chi connectivity index (χ2v) is 2.02. The van der Waals surface area contributed by atoms with E-state index >= 15 is 0 Å². The SMILES string of the molecule is C[n+]1ccccc1Cl.II. The number of halogens is 3. The van der Waals surface area contributed by atoms with Gasteiger partial charge in [0, 0.05) is 49.4 Å².